The van der Waals surface area contributed by atoms with Gasteiger partial charge in [0.2, 0.25) is 0 Å². The van der Waals surface area contributed by atoms with Crippen molar-refractivity contribution in [2.75, 3.05) is 6.61 Å². The van der Waals surface area contributed by atoms with E-state index in [1.165, 1.54) is 16.7 Å². The van der Waals surface area contributed by atoms with Gasteiger partial charge in [-0.2, -0.15) is 0 Å². The van der Waals surface area contributed by atoms with Crippen molar-refractivity contribution >= 4 is 0 Å². The maximum absolute atomic E-state index is 9.36. The molecule has 0 saturated heterocycles. The Balaban J connectivity index is 2.27. The van der Waals surface area contributed by atoms with Gasteiger partial charge in [-0.25, -0.2) is 0 Å². The van der Waals surface area contributed by atoms with E-state index in [2.05, 4.69) is 39.0 Å². The predicted octanol–water partition coefficient (Wildman–Crippen LogP) is 2.83. The molecule has 2 rings (SSSR count). The van der Waals surface area contributed by atoms with E-state index in [1.54, 1.807) is 0 Å². The number of hydrogen-bond donors (Lipinski definition) is 2. The smallest absolute Gasteiger partial charge is 0.0477 e. The molecule has 0 fully saturated rings. The maximum Gasteiger partial charge on any atom is 0.0477 e. The van der Waals surface area contributed by atoms with Crippen LogP contribution in [0.3, 0.4) is 0 Å². The molecular weight excluding hydrogens is 222 g/mol. The van der Waals surface area contributed by atoms with Crippen LogP contribution in [0.15, 0.2) is 18.2 Å². The van der Waals surface area contributed by atoms with Crippen LogP contribution in [-0.2, 0) is 12.8 Å². The molecule has 0 radical (unpaired) electrons. The molecule has 0 amide bonds. The SMILES string of the molecule is CC(C)(C)Cc1ccc2c(c1)[C@@H](N)C(CO)CC2. The lowest BCUT2D eigenvalue weighted by molar-refractivity contribution is 0.190. The summed E-state index contributed by atoms with van der Waals surface area (Å²) in [5, 5.41) is 9.36. The Bertz CT molecular complexity index is 420. The first-order chi connectivity index (χ1) is 8.40. The Morgan fingerprint density at radius 3 is 2.67 bits per heavy atom. The standard InChI is InChI=1S/C16H25NO/c1-16(2,3)9-11-4-5-12-6-7-13(10-18)15(17)14(12)8-11/h4-5,8,13,15,18H,6-7,9-10,17H2,1-3H3/t13?,15-/m0/s1. The number of nitrogens with two attached hydrogens (primary N) is 1. The molecular formula is C16H25NO. The summed E-state index contributed by atoms with van der Waals surface area (Å²) in [5.74, 6) is 0.224. The molecule has 2 nitrogen and oxygen atoms in total. The Kier molecular flexibility index (Phi) is 3.79. The molecule has 0 heterocycles. The summed E-state index contributed by atoms with van der Waals surface area (Å²) in [6.07, 6.45) is 3.12. The highest BCUT2D eigenvalue weighted by atomic mass is 16.3. The number of aliphatic hydroxyl groups is 1. The van der Waals surface area contributed by atoms with Gasteiger partial charge in [-0.1, -0.05) is 39.0 Å². The minimum absolute atomic E-state index is 0.00123. The summed E-state index contributed by atoms with van der Waals surface area (Å²) < 4.78 is 0. The van der Waals surface area contributed by atoms with Gasteiger partial charge in [-0.15, -0.1) is 0 Å². The average Bonchev–Trinajstić information content (AvgIpc) is 2.28. The van der Waals surface area contributed by atoms with Gasteiger partial charge in [0.15, 0.2) is 0 Å². The van der Waals surface area contributed by atoms with Gasteiger partial charge in [0.05, 0.1) is 0 Å². The van der Waals surface area contributed by atoms with E-state index in [-0.39, 0.29) is 18.6 Å². The molecule has 100 valence electrons. The summed E-state index contributed by atoms with van der Waals surface area (Å²) in [7, 11) is 0. The Hall–Kier alpha value is -0.860. The second kappa shape index (κ2) is 5.02. The third kappa shape index (κ3) is 2.93. The van der Waals surface area contributed by atoms with E-state index in [1.807, 2.05) is 0 Å². The van der Waals surface area contributed by atoms with Gasteiger partial charge in [0.25, 0.3) is 0 Å². The molecule has 0 aromatic heterocycles. The van der Waals surface area contributed by atoms with Gasteiger partial charge in [0.1, 0.15) is 0 Å². The average molecular weight is 247 g/mol. The second-order valence-corrected chi connectivity index (χ2v) is 6.78. The number of hydrogen-bond acceptors (Lipinski definition) is 2. The van der Waals surface area contributed by atoms with Crippen molar-refractivity contribution in [2.45, 2.75) is 46.1 Å². The largest absolute Gasteiger partial charge is 0.396 e. The lowest BCUT2D eigenvalue weighted by Gasteiger charge is -2.30. The van der Waals surface area contributed by atoms with Gasteiger partial charge in [0, 0.05) is 18.6 Å². The summed E-state index contributed by atoms with van der Waals surface area (Å²) in [4.78, 5) is 0. The molecule has 1 aliphatic rings. The zero-order valence-corrected chi connectivity index (χ0v) is 11.7. The van der Waals surface area contributed by atoms with Crippen molar-refractivity contribution in [3.05, 3.63) is 34.9 Å². The van der Waals surface area contributed by atoms with Crippen molar-refractivity contribution < 1.29 is 5.11 Å². The highest BCUT2D eigenvalue weighted by Gasteiger charge is 2.26. The van der Waals surface area contributed by atoms with Crippen LogP contribution in [0.1, 0.15) is 49.9 Å². The molecule has 0 aliphatic heterocycles. The van der Waals surface area contributed by atoms with E-state index in [4.69, 9.17) is 5.73 Å². The van der Waals surface area contributed by atoms with E-state index >= 15 is 0 Å². The minimum Gasteiger partial charge on any atom is -0.396 e. The van der Waals surface area contributed by atoms with Crippen LogP contribution in [0.2, 0.25) is 0 Å². The molecule has 0 bridgehead atoms. The summed E-state index contributed by atoms with van der Waals surface area (Å²) >= 11 is 0. The van der Waals surface area contributed by atoms with E-state index < -0.39 is 0 Å². The second-order valence-electron chi connectivity index (χ2n) is 6.78. The molecule has 2 atom stereocenters. The first-order valence-corrected chi connectivity index (χ1v) is 6.89. The molecule has 0 spiro atoms. The first kappa shape index (κ1) is 13.6. The predicted molar refractivity (Wildman–Crippen MR) is 75.4 cm³/mol. The Morgan fingerprint density at radius 1 is 1.33 bits per heavy atom. The zero-order valence-electron chi connectivity index (χ0n) is 11.7. The number of rotatable bonds is 2. The monoisotopic (exact) mass is 247 g/mol. The van der Waals surface area contributed by atoms with Gasteiger partial charge in [-0.05, 0) is 41.4 Å². The lowest BCUT2D eigenvalue weighted by Crippen LogP contribution is -2.29. The van der Waals surface area contributed by atoms with Crippen molar-refractivity contribution in [3.8, 4) is 0 Å². The fourth-order valence-electron chi connectivity index (χ4n) is 2.88. The van der Waals surface area contributed by atoms with Gasteiger partial charge < -0.3 is 10.8 Å². The Labute approximate surface area is 110 Å². The highest BCUT2D eigenvalue weighted by molar-refractivity contribution is 5.37. The minimum atomic E-state index is -0.00123. The fourth-order valence-corrected chi connectivity index (χ4v) is 2.88. The van der Waals surface area contributed by atoms with Crippen LogP contribution in [0.4, 0.5) is 0 Å². The third-order valence-electron chi connectivity index (χ3n) is 3.83. The summed E-state index contributed by atoms with van der Waals surface area (Å²) in [5.41, 5.74) is 10.5. The van der Waals surface area contributed by atoms with Crippen molar-refractivity contribution in [2.24, 2.45) is 17.1 Å². The molecule has 1 aliphatic carbocycles. The van der Waals surface area contributed by atoms with Gasteiger partial charge >= 0.3 is 0 Å². The van der Waals surface area contributed by atoms with Crippen LogP contribution in [0.25, 0.3) is 0 Å². The van der Waals surface area contributed by atoms with Crippen LogP contribution in [0, 0.1) is 11.3 Å². The van der Waals surface area contributed by atoms with Crippen LogP contribution in [-0.4, -0.2) is 11.7 Å². The molecule has 0 saturated carbocycles. The third-order valence-corrected chi connectivity index (χ3v) is 3.83. The normalized spacial score (nSPS) is 23.8. The number of aryl methyl sites for hydroxylation is 1. The molecule has 1 aromatic rings. The summed E-state index contributed by atoms with van der Waals surface area (Å²) in [6.45, 7) is 6.96. The van der Waals surface area contributed by atoms with Crippen molar-refractivity contribution in [1.29, 1.82) is 0 Å². The first-order valence-electron chi connectivity index (χ1n) is 6.89. The van der Waals surface area contributed by atoms with Crippen molar-refractivity contribution in [1.82, 2.24) is 0 Å². The molecule has 3 N–H and O–H groups in total. The topological polar surface area (TPSA) is 46.2 Å². The summed E-state index contributed by atoms with van der Waals surface area (Å²) in [6, 6.07) is 6.71. The number of benzene rings is 1. The molecule has 1 aromatic carbocycles. The molecule has 1 unspecified atom stereocenters. The Morgan fingerprint density at radius 2 is 2.06 bits per heavy atom. The molecule has 2 heteroatoms. The van der Waals surface area contributed by atoms with Crippen molar-refractivity contribution in [3.63, 3.8) is 0 Å². The van der Waals surface area contributed by atoms with E-state index in [9.17, 15) is 5.11 Å². The van der Waals surface area contributed by atoms with E-state index in [0.29, 0.717) is 5.41 Å². The van der Waals surface area contributed by atoms with Crippen LogP contribution >= 0.6 is 0 Å². The quantitative estimate of drug-likeness (QED) is 0.844. The number of aliphatic hydroxyl groups excluding tert-OH is 1. The molecule has 18 heavy (non-hydrogen) atoms. The zero-order chi connectivity index (χ0) is 13.3. The van der Waals surface area contributed by atoms with E-state index in [0.717, 1.165) is 19.3 Å². The van der Waals surface area contributed by atoms with Crippen LogP contribution in [0.5, 0.6) is 0 Å². The maximum atomic E-state index is 9.36. The highest BCUT2D eigenvalue weighted by Crippen LogP contribution is 2.34. The van der Waals surface area contributed by atoms with Gasteiger partial charge in [-0.3, -0.25) is 0 Å². The fraction of sp³-hybridized carbons (Fsp3) is 0.625. The van der Waals surface area contributed by atoms with Crippen LogP contribution < -0.4 is 5.73 Å². The lowest BCUT2D eigenvalue weighted by atomic mass is 9.78. The number of fused-ring (bicyclic) bond motifs is 1.